The molecule has 1 saturated heterocycles. The number of carbonyl (C=O) groups excluding carboxylic acids is 2. The molecular formula is C22H25N3O4. The Balaban J connectivity index is 1.45. The molecule has 2 amide bonds. The molecule has 0 saturated carbocycles. The molecule has 152 valence electrons. The Bertz CT molecular complexity index is 928. The van der Waals surface area contributed by atoms with E-state index in [0.29, 0.717) is 25.1 Å². The molecule has 2 aliphatic rings. The normalized spacial score (nSPS) is 16.4. The summed E-state index contributed by atoms with van der Waals surface area (Å²) in [6, 6.07) is 13.1. The molecule has 29 heavy (non-hydrogen) atoms. The van der Waals surface area contributed by atoms with Crippen LogP contribution in [-0.4, -0.2) is 50.7 Å². The van der Waals surface area contributed by atoms with E-state index < -0.39 is 0 Å². The van der Waals surface area contributed by atoms with E-state index in [0.717, 1.165) is 29.2 Å². The Hall–Kier alpha value is -3.06. The van der Waals surface area contributed by atoms with Crippen LogP contribution in [0.4, 0.5) is 5.69 Å². The summed E-state index contributed by atoms with van der Waals surface area (Å²) in [5.74, 6) is 1.41. The van der Waals surface area contributed by atoms with E-state index in [4.69, 9.17) is 9.47 Å². The van der Waals surface area contributed by atoms with Gasteiger partial charge in [0.1, 0.15) is 0 Å². The fourth-order valence-electron chi connectivity index (χ4n) is 3.75. The summed E-state index contributed by atoms with van der Waals surface area (Å²) >= 11 is 0. The Morgan fingerprint density at radius 2 is 2.00 bits per heavy atom. The average Bonchev–Trinajstić information content (AvgIpc) is 3.36. The minimum absolute atomic E-state index is 0.0169. The van der Waals surface area contributed by atoms with Crippen LogP contribution in [0.5, 0.6) is 11.5 Å². The van der Waals surface area contributed by atoms with Crippen molar-refractivity contribution in [1.29, 1.82) is 0 Å². The number of amides is 2. The number of carbonyl (C=O) groups is 2. The molecule has 4 rings (SSSR count). The van der Waals surface area contributed by atoms with Crippen molar-refractivity contribution in [2.75, 3.05) is 38.9 Å². The Kier molecular flexibility index (Phi) is 5.40. The lowest BCUT2D eigenvalue weighted by Crippen LogP contribution is -2.34. The highest BCUT2D eigenvalue weighted by molar-refractivity contribution is 5.99. The first kappa shape index (κ1) is 19.3. The maximum Gasteiger partial charge on any atom is 0.251 e. The van der Waals surface area contributed by atoms with Crippen LogP contribution in [0.25, 0.3) is 0 Å². The number of fused-ring (bicyclic) bond motifs is 1. The highest BCUT2D eigenvalue weighted by Crippen LogP contribution is 2.35. The molecule has 2 heterocycles. The standard InChI is InChI=1S/C22H25N3O4/c1-24(2)18(15-8-9-19-20(12-15)29-14-28-19)13-23-22(27)16-5-3-6-17(11-16)25-10-4-7-21(25)26/h3,5-6,8-9,11-12,18H,4,7,10,13-14H2,1-2H3,(H,23,27). The van der Waals surface area contributed by atoms with E-state index in [-0.39, 0.29) is 24.6 Å². The fraction of sp³-hybridized carbons (Fsp3) is 0.364. The highest BCUT2D eigenvalue weighted by Gasteiger charge is 2.23. The van der Waals surface area contributed by atoms with Gasteiger partial charge in [-0.2, -0.15) is 0 Å². The van der Waals surface area contributed by atoms with Crippen LogP contribution in [-0.2, 0) is 4.79 Å². The van der Waals surface area contributed by atoms with Crippen molar-refractivity contribution in [3.63, 3.8) is 0 Å². The largest absolute Gasteiger partial charge is 0.454 e. The zero-order valence-corrected chi connectivity index (χ0v) is 16.7. The topological polar surface area (TPSA) is 71.1 Å². The molecule has 0 aliphatic carbocycles. The second-order valence-corrected chi connectivity index (χ2v) is 7.50. The number of nitrogens with zero attached hydrogens (tertiary/aromatic N) is 2. The maximum absolute atomic E-state index is 12.8. The number of likely N-dealkylation sites (N-methyl/N-ethyl adjacent to an activating group) is 1. The van der Waals surface area contributed by atoms with Gasteiger partial charge in [0.25, 0.3) is 5.91 Å². The van der Waals surface area contributed by atoms with E-state index in [9.17, 15) is 9.59 Å². The van der Waals surface area contributed by atoms with E-state index in [2.05, 4.69) is 10.2 Å². The van der Waals surface area contributed by atoms with Crippen molar-refractivity contribution in [2.24, 2.45) is 0 Å². The number of hydrogen-bond acceptors (Lipinski definition) is 5. The molecule has 1 fully saturated rings. The van der Waals surface area contributed by atoms with Gasteiger partial charge in [0.15, 0.2) is 11.5 Å². The summed E-state index contributed by atoms with van der Waals surface area (Å²) < 4.78 is 10.9. The second kappa shape index (κ2) is 8.13. The van der Waals surface area contributed by atoms with Crippen LogP contribution in [0.15, 0.2) is 42.5 Å². The van der Waals surface area contributed by atoms with Crippen LogP contribution in [0.2, 0.25) is 0 Å². The van der Waals surface area contributed by atoms with Crippen LogP contribution < -0.4 is 19.7 Å². The van der Waals surface area contributed by atoms with Gasteiger partial charge in [-0.15, -0.1) is 0 Å². The van der Waals surface area contributed by atoms with Crippen molar-refractivity contribution in [1.82, 2.24) is 10.2 Å². The molecular weight excluding hydrogens is 370 g/mol. The minimum Gasteiger partial charge on any atom is -0.454 e. The Labute approximate surface area is 170 Å². The third-order valence-corrected chi connectivity index (χ3v) is 5.35. The lowest BCUT2D eigenvalue weighted by atomic mass is 10.0. The molecule has 1 N–H and O–H groups in total. The molecule has 7 heteroatoms. The lowest BCUT2D eigenvalue weighted by molar-refractivity contribution is -0.117. The zero-order chi connectivity index (χ0) is 20.4. The summed E-state index contributed by atoms with van der Waals surface area (Å²) in [4.78, 5) is 28.5. The third kappa shape index (κ3) is 4.05. The summed E-state index contributed by atoms with van der Waals surface area (Å²) in [5, 5.41) is 3.02. The molecule has 2 aromatic carbocycles. The second-order valence-electron chi connectivity index (χ2n) is 7.50. The van der Waals surface area contributed by atoms with Crippen molar-refractivity contribution in [2.45, 2.75) is 18.9 Å². The summed E-state index contributed by atoms with van der Waals surface area (Å²) in [5.41, 5.74) is 2.36. The lowest BCUT2D eigenvalue weighted by Gasteiger charge is -2.25. The molecule has 7 nitrogen and oxygen atoms in total. The summed E-state index contributed by atoms with van der Waals surface area (Å²) in [7, 11) is 3.95. The predicted octanol–water partition coefficient (Wildman–Crippen LogP) is 2.57. The number of ether oxygens (including phenoxy) is 2. The van der Waals surface area contributed by atoms with Crippen LogP contribution in [0.1, 0.15) is 34.8 Å². The van der Waals surface area contributed by atoms with Crippen molar-refractivity contribution < 1.29 is 19.1 Å². The van der Waals surface area contributed by atoms with Gasteiger partial charge in [-0.05, 0) is 56.4 Å². The molecule has 0 spiro atoms. The maximum atomic E-state index is 12.8. The quantitative estimate of drug-likeness (QED) is 0.814. The van der Waals surface area contributed by atoms with Gasteiger partial charge in [-0.25, -0.2) is 0 Å². The predicted molar refractivity (Wildman–Crippen MR) is 109 cm³/mol. The van der Waals surface area contributed by atoms with Gasteiger partial charge in [-0.3, -0.25) is 9.59 Å². The van der Waals surface area contributed by atoms with Gasteiger partial charge in [0.2, 0.25) is 12.7 Å². The van der Waals surface area contributed by atoms with E-state index >= 15 is 0 Å². The Morgan fingerprint density at radius 3 is 2.76 bits per heavy atom. The number of nitrogens with one attached hydrogen (secondary N) is 1. The van der Waals surface area contributed by atoms with E-state index in [1.165, 1.54) is 0 Å². The first-order valence-corrected chi connectivity index (χ1v) is 9.77. The fourth-order valence-corrected chi connectivity index (χ4v) is 3.75. The van der Waals surface area contributed by atoms with E-state index in [1.807, 2.05) is 44.4 Å². The van der Waals surface area contributed by atoms with Crippen LogP contribution in [0, 0.1) is 0 Å². The minimum atomic E-state index is -0.161. The van der Waals surface area contributed by atoms with Crippen molar-refractivity contribution in [3.05, 3.63) is 53.6 Å². The van der Waals surface area contributed by atoms with Crippen molar-refractivity contribution in [3.8, 4) is 11.5 Å². The first-order chi connectivity index (χ1) is 14.0. The molecule has 2 aliphatic heterocycles. The van der Waals surface area contributed by atoms with Gasteiger partial charge in [-0.1, -0.05) is 12.1 Å². The monoisotopic (exact) mass is 395 g/mol. The van der Waals surface area contributed by atoms with Gasteiger partial charge in [0.05, 0.1) is 6.04 Å². The molecule has 0 bridgehead atoms. The Morgan fingerprint density at radius 1 is 1.17 bits per heavy atom. The molecule has 0 radical (unpaired) electrons. The number of hydrogen-bond donors (Lipinski definition) is 1. The summed E-state index contributed by atoms with van der Waals surface area (Å²) in [6.45, 7) is 1.38. The first-order valence-electron chi connectivity index (χ1n) is 9.77. The number of rotatable bonds is 6. The van der Waals surface area contributed by atoms with Crippen LogP contribution in [0.3, 0.4) is 0 Å². The third-order valence-electron chi connectivity index (χ3n) is 5.35. The molecule has 2 aromatic rings. The SMILES string of the molecule is CN(C)C(CNC(=O)c1cccc(N2CCCC2=O)c1)c1ccc2c(c1)OCO2. The average molecular weight is 395 g/mol. The van der Waals surface area contributed by atoms with E-state index in [1.54, 1.807) is 17.0 Å². The number of anilines is 1. The molecule has 0 aromatic heterocycles. The van der Waals surface area contributed by atoms with Gasteiger partial charge < -0.3 is 24.6 Å². The zero-order valence-electron chi connectivity index (χ0n) is 16.7. The smallest absolute Gasteiger partial charge is 0.251 e. The van der Waals surface area contributed by atoms with Gasteiger partial charge in [0, 0.05) is 30.8 Å². The van der Waals surface area contributed by atoms with Gasteiger partial charge >= 0.3 is 0 Å². The highest BCUT2D eigenvalue weighted by atomic mass is 16.7. The van der Waals surface area contributed by atoms with Crippen molar-refractivity contribution >= 4 is 17.5 Å². The van der Waals surface area contributed by atoms with Crippen LogP contribution >= 0.6 is 0 Å². The molecule has 1 unspecified atom stereocenters. The number of benzene rings is 2. The summed E-state index contributed by atoms with van der Waals surface area (Å²) in [6.07, 6.45) is 1.42. The molecule has 1 atom stereocenters.